The Morgan fingerprint density at radius 3 is 2.37 bits per heavy atom. The van der Waals surface area contributed by atoms with Gasteiger partial charge >= 0.3 is 7.12 Å². The first kappa shape index (κ1) is 14.0. The van der Waals surface area contributed by atoms with Crippen LogP contribution in [0.1, 0.15) is 38.8 Å². The Morgan fingerprint density at radius 1 is 1.26 bits per heavy atom. The zero-order valence-corrected chi connectivity index (χ0v) is 12.2. The first-order valence-electron chi connectivity index (χ1n) is 6.45. The Balaban J connectivity index is 2.30. The number of nitriles is 1. The molecule has 0 atom stereocenters. The monoisotopic (exact) mass is 258 g/mol. The topological polar surface area (TPSA) is 55.1 Å². The fourth-order valence-corrected chi connectivity index (χ4v) is 1.95. The summed E-state index contributed by atoms with van der Waals surface area (Å²) >= 11 is 0. The molecule has 2 heterocycles. The molecule has 19 heavy (non-hydrogen) atoms. The lowest BCUT2D eigenvalue weighted by Gasteiger charge is -2.32. The van der Waals surface area contributed by atoms with Gasteiger partial charge in [0.1, 0.15) is 0 Å². The summed E-state index contributed by atoms with van der Waals surface area (Å²) in [6.07, 6.45) is 2.15. The largest absolute Gasteiger partial charge is 0.514 e. The average molecular weight is 258 g/mol. The van der Waals surface area contributed by atoms with Crippen molar-refractivity contribution in [2.45, 2.75) is 52.2 Å². The van der Waals surface area contributed by atoms with Crippen molar-refractivity contribution in [1.29, 1.82) is 5.26 Å². The number of hydrogen-bond donors (Lipinski definition) is 0. The van der Waals surface area contributed by atoms with E-state index in [-0.39, 0.29) is 11.2 Å². The molecule has 0 N–H and O–H groups in total. The number of aromatic nitrogens is 1. The van der Waals surface area contributed by atoms with Gasteiger partial charge in [0.15, 0.2) is 0 Å². The summed E-state index contributed by atoms with van der Waals surface area (Å²) in [5, 5.41) is 8.83. The number of pyridine rings is 1. The fourth-order valence-electron chi connectivity index (χ4n) is 1.95. The third-order valence-corrected chi connectivity index (χ3v) is 4.00. The van der Waals surface area contributed by atoms with Crippen molar-refractivity contribution in [2.24, 2.45) is 0 Å². The van der Waals surface area contributed by atoms with Gasteiger partial charge in [-0.2, -0.15) is 5.26 Å². The molecule has 0 saturated carbocycles. The Kier molecular flexibility index (Phi) is 3.42. The van der Waals surface area contributed by atoms with Crippen molar-refractivity contribution in [3.8, 4) is 6.07 Å². The Labute approximate surface area is 114 Å². The predicted octanol–water partition coefficient (Wildman–Crippen LogP) is 1.76. The summed E-state index contributed by atoms with van der Waals surface area (Å²) in [5.41, 5.74) is 1.97. The van der Waals surface area contributed by atoms with Gasteiger partial charge in [-0.05, 0) is 51.8 Å². The minimum atomic E-state index is -0.469. The SMILES string of the molecule is Cc1cnc(B2OC(C)(C)C(C)(C)O2)cc1CC#N. The number of rotatable bonds is 2. The van der Waals surface area contributed by atoms with Crippen molar-refractivity contribution in [3.63, 3.8) is 0 Å². The summed E-state index contributed by atoms with van der Waals surface area (Å²) < 4.78 is 11.9. The molecule has 0 aromatic carbocycles. The number of hydrogen-bond acceptors (Lipinski definition) is 4. The van der Waals surface area contributed by atoms with Gasteiger partial charge in [0.05, 0.1) is 29.3 Å². The Hall–Kier alpha value is -1.38. The second kappa shape index (κ2) is 4.62. The molecule has 1 aliphatic heterocycles. The lowest BCUT2D eigenvalue weighted by Crippen LogP contribution is -2.41. The first-order chi connectivity index (χ1) is 8.77. The van der Waals surface area contributed by atoms with Crippen LogP contribution in [-0.4, -0.2) is 23.3 Å². The third-order valence-electron chi connectivity index (χ3n) is 4.00. The molecule has 0 spiro atoms. The molecule has 1 aliphatic rings. The molecule has 0 unspecified atom stereocenters. The minimum Gasteiger partial charge on any atom is -0.398 e. The average Bonchev–Trinajstić information content (AvgIpc) is 2.51. The van der Waals surface area contributed by atoms with Crippen LogP contribution in [0, 0.1) is 18.3 Å². The lowest BCUT2D eigenvalue weighted by atomic mass is 9.82. The van der Waals surface area contributed by atoms with Crippen molar-refractivity contribution in [3.05, 3.63) is 23.4 Å². The maximum atomic E-state index is 8.83. The van der Waals surface area contributed by atoms with E-state index in [1.165, 1.54) is 0 Å². The minimum absolute atomic E-state index is 0.375. The molecule has 2 rings (SSSR count). The van der Waals surface area contributed by atoms with Crippen molar-refractivity contribution in [2.75, 3.05) is 0 Å². The van der Waals surface area contributed by atoms with Crippen LogP contribution in [-0.2, 0) is 15.7 Å². The maximum absolute atomic E-state index is 8.83. The molecule has 0 amide bonds. The third kappa shape index (κ3) is 2.51. The summed E-state index contributed by atoms with van der Waals surface area (Å²) in [7, 11) is -0.469. The van der Waals surface area contributed by atoms with Gasteiger partial charge in [-0.1, -0.05) is 0 Å². The van der Waals surface area contributed by atoms with Crippen LogP contribution in [0.5, 0.6) is 0 Å². The zero-order chi connectivity index (χ0) is 14.3. The van der Waals surface area contributed by atoms with E-state index in [1.54, 1.807) is 6.20 Å². The summed E-state index contributed by atoms with van der Waals surface area (Å²) in [6, 6.07) is 4.07. The molecule has 1 saturated heterocycles. The van der Waals surface area contributed by atoms with Gasteiger partial charge in [-0.25, -0.2) is 0 Å². The van der Waals surface area contributed by atoms with Gasteiger partial charge in [-0.15, -0.1) is 0 Å². The Bertz CT molecular complexity index is 519. The second-order valence-corrected chi connectivity index (χ2v) is 5.96. The van der Waals surface area contributed by atoms with Gasteiger partial charge < -0.3 is 9.31 Å². The normalized spacial score (nSPS) is 20.3. The first-order valence-corrected chi connectivity index (χ1v) is 6.45. The zero-order valence-electron chi connectivity index (χ0n) is 12.2. The van der Waals surface area contributed by atoms with Crippen LogP contribution < -0.4 is 5.59 Å². The van der Waals surface area contributed by atoms with E-state index >= 15 is 0 Å². The fraction of sp³-hybridized carbons (Fsp3) is 0.571. The van der Waals surface area contributed by atoms with Crippen molar-refractivity contribution in [1.82, 2.24) is 4.98 Å². The molecule has 0 radical (unpaired) electrons. The summed E-state index contributed by atoms with van der Waals surface area (Å²) in [4.78, 5) is 4.37. The molecule has 1 aromatic heterocycles. The van der Waals surface area contributed by atoms with Crippen LogP contribution in [0.15, 0.2) is 12.3 Å². The smallest absolute Gasteiger partial charge is 0.398 e. The van der Waals surface area contributed by atoms with Crippen LogP contribution in [0.4, 0.5) is 0 Å². The van der Waals surface area contributed by atoms with Gasteiger partial charge in [0, 0.05) is 6.20 Å². The highest BCUT2D eigenvalue weighted by Crippen LogP contribution is 2.36. The van der Waals surface area contributed by atoms with Crippen LogP contribution in [0.25, 0.3) is 0 Å². The number of nitrogens with zero attached hydrogens (tertiary/aromatic N) is 2. The van der Waals surface area contributed by atoms with Crippen molar-refractivity contribution < 1.29 is 9.31 Å². The molecule has 5 heteroatoms. The molecule has 0 aliphatic carbocycles. The quantitative estimate of drug-likeness (QED) is 0.758. The summed E-state index contributed by atoms with van der Waals surface area (Å²) in [5.74, 6) is 0. The molecular weight excluding hydrogens is 239 g/mol. The highest BCUT2D eigenvalue weighted by molar-refractivity contribution is 6.61. The molecular formula is C14H19BN2O2. The second-order valence-electron chi connectivity index (χ2n) is 5.96. The molecule has 1 fully saturated rings. The molecule has 1 aromatic rings. The van der Waals surface area contributed by atoms with E-state index < -0.39 is 7.12 Å². The number of aryl methyl sites for hydroxylation is 1. The standard InChI is InChI=1S/C14H19BN2O2/c1-10-9-17-12(8-11(10)6-7-16)15-18-13(2,3)14(4,5)19-15/h8-9H,6H2,1-5H3. The van der Waals surface area contributed by atoms with E-state index in [4.69, 9.17) is 14.6 Å². The van der Waals surface area contributed by atoms with Gasteiger partial charge in [-0.3, -0.25) is 4.98 Å². The van der Waals surface area contributed by atoms with E-state index in [2.05, 4.69) is 11.1 Å². The molecule has 0 bridgehead atoms. The Morgan fingerprint density at radius 2 is 1.84 bits per heavy atom. The van der Waals surface area contributed by atoms with E-state index in [0.717, 1.165) is 16.7 Å². The van der Waals surface area contributed by atoms with Gasteiger partial charge in [0.2, 0.25) is 0 Å². The highest BCUT2D eigenvalue weighted by atomic mass is 16.7. The lowest BCUT2D eigenvalue weighted by molar-refractivity contribution is 0.00578. The predicted molar refractivity (Wildman–Crippen MR) is 74.0 cm³/mol. The van der Waals surface area contributed by atoms with Crippen LogP contribution in [0.3, 0.4) is 0 Å². The molecule has 100 valence electrons. The maximum Gasteiger partial charge on any atom is 0.514 e. The van der Waals surface area contributed by atoms with Crippen LogP contribution in [0.2, 0.25) is 0 Å². The summed E-state index contributed by atoms with van der Waals surface area (Å²) in [6.45, 7) is 10.00. The molecule has 4 nitrogen and oxygen atoms in total. The van der Waals surface area contributed by atoms with E-state index in [0.29, 0.717) is 6.42 Å². The van der Waals surface area contributed by atoms with Crippen LogP contribution >= 0.6 is 0 Å². The van der Waals surface area contributed by atoms with Crippen molar-refractivity contribution >= 4 is 12.7 Å². The van der Waals surface area contributed by atoms with E-state index in [9.17, 15) is 0 Å². The van der Waals surface area contributed by atoms with Gasteiger partial charge in [0.25, 0.3) is 0 Å². The highest BCUT2D eigenvalue weighted by Gasteiger charge is 2.52. The van der Waals surface area contributed by atoms with E-state index in [1.807, 2.05) is 40.7 Å².